The molecule has 18 heavy (non-hydrogen) atoms. The van der Waals surface area contributed by atoms with Crippen molar-refractivity contribution in [3.8, 4) is 0 Å². The molecule has 0 amide bonds. The second-order valence-corrected chi connectivity index (χ2v) is 3.97. The SMILES string of the molecule is C=CCc1cc(CC)c([N+](=O)[O-])c(N=S(=O)=O)n1. The molecule has 0 aliphatic rings. The summed E-state index contributed by atoms with van der Waals surface area (Å²) in [4.78, 5) is 14.1. The highest BCUT2D eigenvalue weighted by molar-refractivity contribution is 7.61. The third-order valence-electron chi connectivity index (χ3n) is 2.18. The van der Waals surface area contributed by atoms with Gasteiger partial charge < -0.3 is 0 Å². The Balaban J connectivity index is 3.61. The zero-order chi connectivity index (χ0) is 13.7. The summed E-state index contributed by atoms with van der Waals surface area (Å²) < 4.78 is 24.3. The normalized spacial score (nSPS) is 9.83. The average molecular weight is 269 g/mol. The van der Waals surface area contributed by atoms with E-state index < -0.39 is 15.4 Å². The Bertz CT molecular complexity index is 614. The van der Waals surface area contributed by atoms with E-state index in [0.29, 0.717) is 24.1 Å². The second kappa shape index (κ2) is 6.01. The van der Waals surface area contributed by atoms with Crippen molar-refractivity contribution in [2.75, 3.05) is 0 Å². The molecule has 0 N–H and O–H groups in total. The van der Waals surface area contributed by atoms with Crippen molar-refractivity contribution >= 4 is 22.0 Å². The van der Waals surface area contributed by atoms with Gasteiger partial charge in [-0.15, -0.1) is 10.9 Å². The van der Waals surface area contributed by atoms with Crippen LogP contribution in [-0.4, -0.2) is 18.3 Å². The van der Waals surface area contributed by atoms with E-state index in [2.05, 4.69) is 15.9 Å². The molecule has 0 aliphatic heterocycles. The van der Waals surface area contributed by atoms with Crippen LogP contribution in [0, 0.1) is 10.1 Å². The first-order chi connectivity index (χ1) is 8.49. The van der Waals surface area contributed by atoms with Crippen LogP contribution in [-0.2, 0) is 23.3 Å². The third kappa shape index (κ3) is 3.20. The van der Waals surface area contributed by atoms with Crippen molar-refractivity contribution in [2.45, 2.75) is 19.8 Å². The molecule has 0 spiro atoms. The van der Waals surface area contributed by atoms with Gasteiger partial charge in [0.25, 0.3) is 0 Å². The predicted molar refractivity (Wildman–Crippen MR) is 65.2 cm³/mol. The van der Waals surface area contributed by atoms with Crippen molar-refractivity contribution in [1.29, 1.82) is 0 Å². The summed E-state index contributed by atoms with van der Waals surface area (Å²) in [6, 6.07) is 1.56. The van der Waals surface area contributed by atoms with E-state index in [0.717, 1.165) is 0 Å². The summed E-state index contributed by atoms with van der Waals surface area (Å²) in [6.45, 7) is 5.27. The van der Waals surface area contributed by atoms with Gasteiger partial charge in [-0.1, -0.05) is 13.0 Å². The zero-order valence-electron chi connectivity index (χ0n) is 9.66. The maximum Gasteiger partial charge on any atom is 0.318 e. The Morgan fingerprint density at radius 3 is 2.72 bits per heavy atom. The lowest BCUT2D eigenvalue weighted by atomic mass is 10.1. The summed E-state index contributed by atoms with van der Waals surface area (Å²) >= 11 is 0. The van der Waals surface area contributed by atoms with Crippen molar-refractivity contribution in [1.82, 2.24) is 4.98 Å². The van der Waals surface area contributed by atoms with E-state index in [4.69, 9.17) is 0 Å². The molecule has 1 aromatic heterocycles. The highest BCUT2D eigenvalue weighted by atomic mass is 32.2. The summed E-state index contributed by atoms with van der Waals surface area (Å²) in [5, 5.41) is 10.9. The molecular formula is C10H11N3O4S. The van der Waals surface area contributed by atoms with Crippen LogP contribution in [0.5, 0.6) is 0 Å². The van der Waals surface area contributed by atoms with Crippen LogP contribution in [0.4, 0.5) is 11.5 Å². The first-order valence-corrected chi connectivity index (χ1v) is 6.12. The fourth-order valence-corrected chi connectivity index (χ4v) is 1.76. The monoisotopic (exact) mass is 269 g/mol. The van der Waals surface area contributed by atoms with Gasteiger partial charge in [0.15, 0.2) is 0 Å². The molecule has 1 aromatic rings. The maximum atomic E-state index is 10.9. The molecule has 0 saturated carbocycles. The topological polar surface area (TPSA) is 103 Å². The number of rotatable bonds is 5. The zero-order valence-corrected chi connectivity index (χ0v) is 10.5. The summed E-state index contributed by atoms with van der Waals surface area (Å²) in [7, 11) is -2.78. The van der Waals surface area contributed by atoms with Crippen LogP contribution >= 0.6 is 0 Å². The van der Waals surface area contributed by atoms with E-state index in [1.54, 1.807) is 19.1 Å². The Morgan fingerprint density at radius 2 is 2.28 bits per heavy atom. The maximum absolute atomic E-state index is 10.9. The molecule has 8 heteroatoms. The van der Waals surface area contributed by atoms with Gasteiger partial charge in [-0.25, -0.2) is 4.98 Å². The van der Waals surface area contributed by atoms with Gasteiger partial charge >= 0.3 is 16.2 Å². The number of hydrogen-bond acceptors (Lipinski definition) is 6. The Hall–Kier alpha value is -2.09. The molecule has 0 fully saturated rings. The summed E-state index contributed by atoms with van der Waals surface area (Å²) in [6.07, 6.45) is 2.35. The Kier molecular flexibility index (Phi) is 4.67. The molecule has 0 bridgehead atoms. The first-order valence-electron chi connectivity index (χ1n) is 5.08. The average Bonchev–Trinajstić information content (AvgIpc) is 2.27. The van der Waals surface area contributed by atoms with E-state index in [1.165, 1.54) is 0 Å². The lowest BCUT2D eigenvalue weighted by Crippen LogP contribution is -2.00. The van der Waals surface area contributed by atoms with Gasteiger partial charge in [0.2, 0.25) is 5.82 Å². The van der Waals surface area contributed by atoms with Crippen molar-refractivity contribution in [3.05, 3.63) is 40.1 Å². The second-order valence-electron chi connectivity index (χ2n) is 3.36. The van der Waals surface area contributed by atoms with Crippen molar-refractivity contribution in [3.63, 3.8) is 0 Å². The van der Waals surface area contributed by atoms with Crippen LogP contribution in [0.25, 0.3) is 0 Å². The highest BCUT2D eigenvalue weighted by Gasteiger charge is 2.21. The Labute approximate surface area is 105 Å². The fraction of sp³-hybridized carbons (Fsp3) is 0.300. The highest BCUT2D eigenvalue weighted by Crippen LogP contribution is 2.30. The van der Waals surface area contributed by atoms with Gasteiger partial charge in [-0.2, -0.15) is 8.42 Å². The molecule has 7 nitrogen and oxygen atoms in total. The van der Waals surface area contributed by atoms with Crippen LogP contribution in [0.15, 0.2) is 23.1 Å². The van der Waals surface area contributed by atoms with Crippen molar-refractivity contribution in [2.24, 2.45) is 4.36 Å². The van der Waals surface area contributed by atoms with Gasteiger partial charge in [0, 0.05) is 17.7 Å². The fourth-order valence-electron chi connectivity index (χ4n) is 1.49. The molecule has 1 rings (SSSR count). The van der Waals surface area contributed by atoms with Gasteiger partial charge in [-0.05, 0) is 12.5 Å². The Morgan fingerprint density at radius 1 is 1.61 bits per heavy atom. The van der Waals surface area contributed by atoms with Crippen molar-refractivity contribution < 1.29 is 13.3 Å². The van der Waals surface area contributed by atoms with Crippen LogP contribution in [0.1, 0.15) is 18.2 Å². The number of nitro groups is 1. The molecule has 0 radical (unpaired) electrons. The molecule has 0 aliphatic carbocycles. The minimum atomic E-state index is -2.78. The van der Waals surface area contributed by atoms with E-state index in [1.807, 2.05) is 0 Å². The lowest BCUT2D eigenvalue weighted by molar-refractivity contribution is -0.385. The van der Waals surface area contributed by atoms with E-state index in [-0.39, 0.29) is 11.5 Å². The molecule has 1 heterocycles. The number of pyridine rings is 1. The smallest absolute Gasteiger partial charge is 0.258 e. The van der Waals surface area contributed by atoms with E-state index >= 15 is 0 Å². The molecule has 0 saturated heterocycles. The van der Waals surface area contributed by atoms with E-state index in [9.17, 15) is 18.5 Å². The molecule has 96 valence electrons. The summed E-state index contributed by atoms with van der Waals surface area (Å²) in [5.74, 6) is -0.385. The summed E-state index contributed by atoms with van der Waals surface area (Å²) in [5.41, 5.74) is 0.530. The number of nitrogens with zero attached hydrogens (tertiary/aromatic N) is 3. The predicted octanol–water partition coefficient (Wildman–Crippen LogP) is 1.97. The standard InChI is InChI=1S/C10H11N3O4S/c1-3-5-8-6-7(4-2)9(13(14)15)10(11-8)12-18(16)17/h3,6H,1,4-5H2,2H3. The van der Waals surface area contributed by atoms with Crippen LogP contribution < -0.4 is 0 Å². The molecule has 0 aromatic carbocycles. The third-order valence-corrected chi connectivity index (χ3v) is 2.51. The number of hydrogen-bond donors (Lipinski definition) is 0. The number of aromatic nitrogens is 1. The van der Waals surface area contributed by atoms with Gasteiger partial charge in [-0.3, -0.25) is 10.1 Å². The molecule has 0 unspecified atom stereocenters. The molecular weight excluding hydrogens is 258 g/mol. The van der Waals surface area contributed by atoms with Crippen LogP contribution in [0.2, 0.25) is 0 Å². The minimum absolute atomic E-state index is 0.366. The quantitative estimate of drug-likeness (QED) is 0.462. The largest absolute Gasteiger partial charge is 0.318 e. The van der Waals surface area contributed by atoms with Crippen LogP contribution in [0.3, 0.4) is 0 Å². The number of aryl methyl sites for hydroxylation is 1. The lowest BCUT2D eigenvalue weighted by Gasteiger charge is -2.04. The van der Waals surface area contributed by atoms with Gasteiger partial charge in [0.05, 0.1) is 4.92 Å². The van der Waals surface area contributed by atoms with Gasteiger partial charge in [0.1, 0.15) is 0 Å². The molecule has 0 atom stereocenters. The number of allylic oxidation sites excluding steroid dienone is 1. The first kappa shape index (κ1) is 14.0. The minimum Gasteiger partial charge on any atom is -0.258 e.